The summed E-state index contributed by atoms with van der Waals surface area (Å²) in [6.07, 6.45) is 3.06. The maximum Gasteiger partial charge on any atom is 0.259 e. The summed E-state index contributed by atoms with van der Waals surface area (Å²) in [6, 6.07) is 0. The van der Waals surface area contributed by atoms with E-state index in [-0.39, 0.29) is 0 Å². The molecule has 0 fully saturated rings. The topological polar surface area (TPSA) is 82.9 Å². The molecule has 0 bridgehead atoms. The molecule has 2 atom stereocenters. The minimum absolute atomic E-state index is 0.294. The van der Waals surface area contributed by atoms with Crippen LogP contribution in [0.3, 0.4) is 0 Å². The molecule has 0 aromatic heterocycles. The van der Waals surface area contributed by atoms with Gasteiger partial charge in [-0.1, -0.05) is 12.2 Å². The number of azo groups is 1. The summed E-state index contributed by atoms with van der Waals surface area (Å²) in [6.45, 7) is 10.5. The Morgan fingerprint density at radius 2 is 1.30 bits per heavy atom. The summed E-state index contributed by atoms with van der Waals surface area (Å²) in [5.74, 6) is -0.889. The lowest BCUT2D eigenvalue weighted by Gasteiger charge is -2.20. The molecule has 0 spiro atoms. The smallest absolute Gasteiger partial charge is 0.259 e. The van der Waals surface area contributed by atoms with Crippen molar-refractivity contribution < 1.29 is 9.59 Å². The second-order valence-electron chi connectivity index (χ2n) is 4.24. The van der Waals surface area contributed by atoms with Gasteiger partial charge in [-0.2, -0.15) is 10.2 Å². The molecule has 2 unspecified atom stereocenters. The van der Waals surface area contributed by atoms with Crippen LogP contribution in [0.15, 0.2) is 35.5 Å². The highest BCUT2D eigenvalue weighted by Gasteiger charge is 2.33. The van der Waals surface area contributed by atoms with E-state index in [0.717, 1.165) is 0 Å². The van der Waals surface area contributed by atoms with Gasteiger partial charge in [-0.25, -0.2) is 0 Å². The van der Waals surface area contributed by atoms with Crippen molar-refractivity contribution in [2.75, 3.05) is 13.1 Å². The fourth-order valence-corrected chi connectivity index (χ4v) is 1.20. The van der Waals surface area contributed by atoms with Gasteiger partial charge in [0, 0.05) is 13.1 Å². The van der Waals surface area contributed by atoms with Crippen molar-refractivity contribution in [1.82, 2.24) is 10.6 Å². The van der Waals surface area contributed by atoms with Crippen LogP contribution in [0.4, 0.5) is 0 Å². The molecular weight excluding hydrogens is 296 g/mol. The Balaban J connectivity index is 4.79. The average Bonchev–Trinajstić information content (AvgIpc) is 2.39. The highest BCUT2D eigenvalue weighted by molar-refractivity contribution is 7.83. The first kappa shape index (κ1) is 18.7. The first-order valence-electron chi connectivity index (χ1n) is 5.84. The summed E-state index contributed by atoms with van der Waals surface area (Å²) in [4.78, 5) is 20.7. The van der Waals surface area contributed by atoms with Crippen LogP contribution in [0.2, 0.25) is 0 Å². The molecule has 20 heavy (non-hydrogen) atoms. The number of hydrogen-bond donors (Lipinski definition) is 4. The van der Waals surface area contributed by atoms with Crippen molar-refractivity contribution in [2.24, 2.45) is 10.2 Å². The largest absolute Gasteiger partial charge is 0.350 e. The maximum atomic E-state index is 11.8. The van der Waals surface area contributed by atoms with Crippen LogP contribution in [0.25, 0.3) is 0 Å². The SMILES string of the molecule is C=CCNC(=O)C(C)(S)N=NC(C)(S)C(=O)NCC=C. The van der Waals surface area contributed by atoms with Gasteiger partial charge < -0.3 is 10.6 Å². The van der Waals surface area contributed by atoms with Crippen molar-refractivity contribution in [3.05, 3.63) is 25.3 Å². The first-order chi connectivity index (χ1) is 9.17. The van der Waals surface area contributed by atoms with Crippen LogP contribution in [0.5, 0.6) is 0 Å². The molecule has 0 aliphatic heterocycles. The van der Waals surface area contributed by atoms with Crippen molar-refractivity contribution in [1.29, 1.82) is 0 Å². The van der Waals surface area contributed by atoms with E-state index in [1.807, 2.05) is 0 Å². The molecule has 6 nitrogen and oxygen atoms in total. The summed E-state index contributed by atoms with van der Waals surface area (Å²) in [5.41, 5.74) is 0. The minimum Gasteiger partial charge on any atom is -0.350 e. The van der Waals surface area contributed by atoms with Gasteiger partial charge in [0.1, 0.15) is 0 Å². The van der Waals surface area contributed by atoms with E-state index in [4.69, 9.17) is 0 Å². The van der Waals surface area contributed by atoms with Gasteiger partial charge in [-0.15, -0.1) is 38.4 Å². The Morgan fingerprint density at radius 1 is 1.00 bits per heavy atom. The molecular formula is C12H20N4O2S2. The molecule has 0 radical (unpaired) electrons. The standard InChI is InChI=1S/C12H20N4O2S2/c1-5-7-13-9(17)11(3,19)15-16-12(4,20)10(18)14-8-6-2/h5-6,19-20H,1-2,7-8H2,3-4H3,(H,13,17)(H,14,18). The second-order valence-corrected chi connectivity index (χ2v) is 5.98. The Morgan fingerprint density at radius 3 is 1.55 bits per heavy atom. The molecule has 112 valence electrons. The average molecular weight is 316 g/mol. The predicted octanol–water partition coefficient (Wildman–Crippen LogP) is 1.33. The van der Waals surface area contributed by atoms with E-state index < -0.39 is 21.6 Å². The van der Waals surface area contributed by atoms with Crippen LogP contribution >= 0.6 is 25.3 Å². The Hall–Kier alpha value is -1.28. The molecule has 8 heteroatoms. The van der Waals surface area contributed by atoms with E-state index >= 15 is 0 Å². The van der Waals surface area contributed by atoms with E-state index in [2.05, 4.69) is 59.3 Å². The summed E-state index contributed by atoms with van der Waals surface area (Å²) in [5, 5.41) is 12.7. The number of carbonyl (C=O) groups is 2. The van der Waals surface area contributed by atoms with E-state index in [1.165, 1.54) is 26.0 Å². The zero-order valence-corrected chi connectivity index (χ0v) is 13.4. The minimum atomic E-state index is -1.40. The molecule has 0 rings (SSSR count). The number of nitrogens with one attached hydrogen (secondary N) is 2. The molecule has 0 saturated heterocycles. The summed E-state index contributed by atoms with van der Waals surface area (Å²) < 4.78 is 0. The number of nitrogens with zero attached hydrogens (tertiary/aromatic N) is 2. The lowest BCUT2D eigenvalue weighted by molar-refractivity contribution is -0.124. The molecule has 0 aliphatic rings. The number of thiol groups is 2. The fourth-order valence-electron chi connectivity index (χ4n) is 0.950. The van der Waals surface area contributed by atoms with Crippen LogP contribution in [-0.2, 0) is 9.59 Å². The van der Waals surface area contributed by atoms with E-state index in [1.54, 1.807) is 0 Å². The molecule has 0 aromatic rings. The number of hydrogen-bond acceptors (Lipinski definition) is 6. The van der Waals surface area contributed by atoms with Crippen LogP contribution in [-0.4, -0.2) is 34.6 Å². The monoisotopic (exact) mass is 316 g/mol. The van der Waals surface area contributed by atoms with Gasteiger partial charge >= 0.3 is 0 Å². The normalized spacial score (nSPS) is 16.8. The molecule has 2 amide bonds. The molecule has 2 N–H and O–H groups in total. The number of amides is 2. The van der Waals surface area contributed by atoms with Crippen LogP contribution in [0, 0.1) is 0 Å². The van der Waals surface area contributed by atoms with E-state index in [9.17, 15) is 9.59 Å². The van der Waals surface area contributed by atoms with Gasteiger partial charge in [-0.05, 0) is 13.8 Å². The van der Waals surface area contributed by atoms with Crippen molar-refractivity contribution >= 4 is 37.1 Å². The van der Waals surface area contributed by atoms with Crippen molar-refractivity contribution in [2.45, 2.75) is 23.6 Å². The highest BCUT2D eigenvalue weighted by Crippen LogP contribution is 2.22. The van der Waals surface area contributed by atoms with Gasteiger partial charge in [0.15, 0.2) is 9.74 Å². The number of carbonyl (C=O) groups excluding carboxylic acids is 2. The summed E-state index contributed by atoms with van der Waals surface area (Å²) in [7, 11) is 0. The second kappa shape index (κ2) is 8.11. The maximum absolute atomic E-state index is 11.8. The Labute approximate surface area is 130 Å². The quantitative estimate of drug-likeness (QED) is 0.309. The first-order valence-corrected chi connectivity index (χ1v) is 6.74. The van der Waals surface area contributed by atoms with Crippen LogP contribution in [0.1, 0.15) is 13.8 Å². The predicted molar refractivity (Wildman–Crippen MR) is 86.1 cm³/mol. The fraction of sp³-hybridized carbons (Fsp3) is 0.500. The Kier molecular flexibility index (Phi) is 7.59. The lowest BCUT2D eigenvalue weighted by atomic mass is 10.3. The third-order valence-electron chi connectivity index (χ3n) is 2.11. The van der Waals surface area contributed by atoms with Gasteiger partial charge in [0.05, 0.1) is 0 Å². The summed E-state index contributed by atoms with van der Waals surface area (Å²) >= 11 is 8.23. The zero-order valence-electron chi connectivity index (χ0n) is 11.6. The third-order valence-corrected chi connectivity index (χ3v) is 2.70. The van der Waals surface area contributed by atoms with Crippen molar-refractivity contribution in [3.8, 4) is 0 Å². The zero-order chi connectivity index (χ0) is 15.8. The van der Waals surface area contributed by atoms with Crippen molar-refractivity contribution in [3.63, 3.8) is 0 Å². The number of rotatable bonds is 8. The molecule has 0 aliphatic carbocycles. The molecule has 0 aromatic carbocycles. The van der Waals surface area contributed by atoms with Crippen LogP contribution < -0.4 is 10.6 Å². The van der Waals surface area contributed by atoms with Gasteiger partial charge in [0.2, 0.25) is 0 Å². The molecule has 0 saturated carbocycles. The third kappa shape index (κ3) is 6.25. The van der Waals surface area contributed by atoms with Gasteiger partial charge in [-0.3, -0.25) is 9.59 Å². The van der Waals surface area contributed by atoms with Gasteiger partial charge in [0.25, 0.3) is 11.8 Å². The Bertz CT molecular complexity index is 382. The molecule has 0 heterocycles. The van der Waals surface area contributed by atoms with E-state index in [0.29, 0.717) is 13.1 Å². The highest BCUT2D eigenvalue weighted by atomic mass is 32.1. The lowest BCUT2D eigenvalue weighted by Crippen LogP contribution is -2.41.